The molecule has 1 fully saturated rings. The van der Waals surface area contributed by atoms with E-state index in [-0.39, 0.29) is 11.9 Å². The second-order valence-corrected chi connectivity index (χ2v) is 7.16. The first kappa shape index (κ1) is 18.1. The van der Waals surface area contributed by atoms with E-state index in [1.54, 1.807) is 10.9 Å². The molecule has 0 bridgehead atoms. The first-order valence-electron chi connectivity index (χ1n) is 9.74. The number of hydrogen-bond acceptors (Lipinski definition) is 5. The first-order chi connectivity index (χ1) is 14.8. The van der Waals surface area contributed by atoms with E-state index in [9.17, 15) is 4.79 Å². The van der Waals surface area contributed by atoms with Crippen molar-refractivity contribution in [2.75, 3.05) is 13.1 Å². The molecule has 8 nitrogen and oxygen atoms in total. The Morgan fingerprint density at radius 3 is 2.73 bits per heavy atom. The summed E-state index contributed by atoms with van der Waals surface area (Å²) in [4.78, 5) is 14.6. The summed E-state index contributed by atoms with van der Waals surface area (Å²) in [6.45, 7) is 1.57. The molecule has 1 aliphatic heterocycles. The molecular formula is C22H20N6O2. The maximum Gasteiger partial charge on any atom is 0.254 e. The Labute approximate surface area is 173 Å². The highest BCUT2D eigenvalue weighted by Gasteiger charge is 2.33. The number of likely N-dealkylation sites (tertiary alicyclic amines) is 1. The Hall–Kier alpha value is -3.94. The van der Waals surface area contributed by atoms with Gasteiger partial charge in [0.25, 0.3) is 5.91 Å². The highest BCUT2D eigenvalue weighted by Crippen LogP contribution is 2.23. The number of rotatable bonds is 6. The van der Waals surface area contributed by atoms with Crippen LogP contribution < -0.4 is 4.74 Å². The largest absolute Gasteiger partial charge is 0.487 e. The Morgan fingerprint density at radius 2 is 1.93 bits per heavy atom. The van der Waals surface area contributed by atoms with Crippen LogP contribution in [0.4, 0.5) is 0 Å². The molecule has 5 rings (SSSR count). The zero-order valence-corrected chi connectivity index (χ0v) is 16.2. The van der Waals surface area contributed by atoms with Crippen molar-refractivity contribution < 1.29 is 9.53 Å². The van der Waals surface area contributed by atoms with Crippen molar-refractivity contribution in [3.05, 3.63) is 90.5 Å². The number of carbonyl (C=O) groups is 1. The van der Waals surface area contributed by atoms with Crippen molar-refractivity contribution in [2.45, 2.75) is 12.6 Å². The summed E-state index contributed by atoms with van der Waals surface area (Å²) in [6.07, 6.45) is 5.45. The Balaban J connectivity index is 1.18. The Morgan fingerprint density at radius 1 is 1.07 bits per heavy atom. The van der Waals surface area contributed by atoms with Gasteiger partial charge in [0.15, 0.2) is 0 Å². The van der Waals surface area contributed by atoms with Crippen LogP contribution in [0.5, 0.6) is 5.75 Å². The van der Waals surface area contributed by atoms with E-state index < -0.39 is 0 Å². The van der Waals surface area contributed by atoms with Gasteiger partial charge in [-0.3, -0.25) is 4.79 Å². The zero-order chi connectivity index (χ0) is 20.3. The molecule has 2 aromatic carbocycles. The van der Waals surface area contributed by atoms with Gasteiger partial charge in [-0.05, 0) is 36.4 Å². The predicted octanol–water partition coefficient (Wildman–Crippen LogP) is 2.74. The summed E-state index contributed by atoms with van der Waals surface area (Å²) < 4.78 is 9.26. The lowest BCUT2D eigenvalue weighted by Gasteiger charge is -2.38. The second kappa shape index (κ2) is 7.82. The Bertz CT molecular complexity index is 1130. The number of carbonyl (C=O) groups excluding carboxylic acids is 1. The number of para-hydroxylation sites is 1. The summed E-state index contributed by atoms with van der Waals surface area (Å²) in [5.41, 5.74) is 2.27. The predicted molar refractivity (Wildman–Crippen MR) is 109 cm³/mol. The van der Waals surface area contributed by atoms with Crippen LogP contribution in [0.2, 0.25) is 0 Å². The lowest BCUT2D eigenvalue weighted by molar-refractivity contribution is 0.0498. The van der Waals surface area contributed by atoms with Crippen molar-refractivity contribution in [2.24, 2.45) is 0 Å². The molecule has 30 heavy (non-hydrogen) atoms. The van der Waals surface area contributed by atoms with Gasteiger partial charge in [0.1, 0.15) is 18.1 Å². The summed E-state index contributed by atoms with van der Waals surface area (Å²) in [5.74, 6) is 0.804. The van der Waals surface area contributed by atoms with Crippen molar-refractivity contribution in [3.63, 3.8) is 0 Å². The molecule has 3 heterocycles. The average Bonchev–Trinajstić information content (AvgIpc) is 3.45. The first-order valence-corrected chi connectivity index (χ1v) is 9.74. The van der Waals surface area contributed by atoms with Crippen LogP contribution in [0.15, 0.2) is 79.3 Å². The minimum absolute atomic E-state index is 0.00741. The van der Waals surface area contributed by atoms with Crippen molar-refractivity contribution in [1.82, 2.24) is 29.7 Å². The van der Waals surface area contributed by atoms with Crippen LogP contribution in [0, 0.1) is 0 Å². The smallest absolute Gasteiger partial charge is 0.254 e. The van der Waals surface area contributed by atoms with Crippen LogP contribution in [-0.4, -0.2) is 48.7 Å². The van der Waals surface area contributed by atoms with Crippen LogP contribution in [0.25, 0.3) is 5.69 Å². The van der Waals surface area contributed by atoms with Crippen LogP contribution in [0.3, 0.4) is 0 Å². The van der Waals surface area contributed by atoms with Crippen LogP contribution in [0.1, 0.15) is 22.1 Å². The molecule has 0 unspecified atom stereocenters. The molecule has 1 aliphatic rings. The standard InChI is InChI=1S/C22H20N6O2/c29-22(17-6-4-7-19(12-17)27-11-5-10-23-27)26-14-20(15-26)28-13-18(24-25-28)16-30-21-8-2-1-3-9-21/h1-13,20H,14-16H2. The van der Waals surface area contributed by atoms with Crippen molar-refractivity contribution >= 4 is 5.91 Å². The van der Waals surface area contributed by atoms with Gasteiger partial charge in [-0.25, -0.2) is 9.36 Å². The average molecular weight is 400 g/mol. The second-order valence-electron chi connectivity index (χ2n) is 7.16. The third-order valence-corrected chi connectivity index (χ3v) is 5.07. The lowest BCUT2D eigenvalue weighted by atomic mass is 10.1. The van der Waals surface area contributed by atoms with E-state index in [2.05, 4.69) is 15.4 Å². The van der Waals surface area contributed by atoms with E-state index in [0.29, 0.717) is 25.3 Å². The Kier molecular flexibility index (Phi) is 4.72. The molecule has 0 spiro atoms. The van der Waals surface area contributed by atoms with E-state index in [4.69, 9.17) is 4.74 Å². The topological polar surface area (TPSA) is 78.1 Å². The van der Waals surface area contributed by atoms with E-state index in [1.807, 2.05) is 82.6 Å². The molecule has 1 saturated heterocycles. The summed E-state index contributed by atoms with van der Waals surface area (Å²) in [7, 11) is 0. The molecule has 8 heteroatoms. The van der Waals surface area contributed by atoms with Gasteiger partial charge in [-0.15, -0.1) is 5.10 Å². The highest BCUT2D eigenvalue weighted by atomic mass is 16.5. The SMILES string of the molecule is O=C(c1cccc(-n2cccn2)c1)N1CC(n2cc(COc3ccccc3)nn2)C1. The van der Waals surface area contributed by atoms with Gasteiger partial charge in [0.2, 0.25) is 0 Å². The highest BCUT2D eigenvalue weighted by molar-refractivity contribution is 5.95. The molecule has 0 saturated carbocycles. The normalized spacial score (nSPS) is 13.8. The minimum atomic E-state index is 0.00741. The molecule has 0 aliphatic carbocycles. The van der Waals surface area contributed by atoms with E-state index >= 15 is 0 Å². The number of hydrogen-bond donors (Lipinski definition) is 0. The van der Waals surface area contributed by atoms with E-state index in [0.717, 1.165) is 17.1 Å². The fourth-order valence-electron chi connectivity index (χ4n) is 3.41. The zero-order valence-electron chi connectivity index (χ0n) is 16.2. The quantitative estimate of drug-likeness (QED) is 0.497. The molecule has 0 radical (unpaired) electrons. The molecule has 150 valence electrons. The number of nitrogens with zero attached hydrogens (tertiary/aromatic N) is 6. The molecule has 0 atom stereocenters. The third-order valence-electron chi connectivity index (χ3n) is 5.07. The fourth-order valence-corrected chi connectivity index (χ4v) is 3.41. The fraction of sp³-hybridized carbons (Fsp3) is 0.182. The molecular weight excluding hydrogens is 380 g/mol. The minimum Gasteiger partial charge on any atom is -0.487 e. The molecule has 0 N–H and O–H groups in total. The van der Waals surface area contributed by atoms with Crippen molar-refractivity contribution in [1.29, 1.82) is 0 Å². The maximum absolute atomic E-state index is 12.8. The van der Waals surface area contributed by atoms with E-state index in [1.165, 1.54) is 0 Å². The number of amides is 1. The monoisotopic (exact) mass is 400 g/mol. The lowest BCUT2D eigenvalue weighted by Crippen LogP contribution is -2.50. The van der Waals surface area contributed by atoms with Gasteiger partial charge in [0, 0.05) is 31.0 Å². The number of benzene rings is 2. The third kappa shape index (κ3) is 3.67. The number of ether oxygens (including phenoxy) is 1. The van der Waals surface area contributed by atoms with Gasteiger partial charge < -0.3 is 9.64 Å². The van der Waals surface area contributed by atoms with Crippen LogP contribution in [-0.2, 0) is 6.61 Å². The maximum atomic E-state index is 12.8. The van der Waals surface area contributed by atoms with Gasteiger partial charge in [-0.2, -0.15) is 5.10 Å². The summed E-state index contributed by atoms with van der Waals surface area (Å²) in [6, 6.07) is 19.1. The molecule has 4 aromatic rings. The van der Waals surface area contributed by atoms with Gasteiger partial charge in [-0.1, -0.05) is 29.5 Å². The van der Waals surface area contributed by atoms with Gasteiger partial charge in [0.05, 0.1) is 17.9 Å². The van der Waals surface area contributed by atoms with Crippen LogP contribution >= 0.6 is 0 Å². The summed E-state index contributed by atoms with van der Waals surface area (Å²) >= 11 is 0. The molecule has 2 aromatic heterocycles. The summed E-state index contributed by atoms with van der Waals surface area (Å²) in [5, 5.41) is 12.6. The van der Waals surface area contributed by atoms with Gasteiger partial charge >= 0.3 is 0 Å². The number of aromatic nitrogens is 5. The van der Waals surface area contributed by atoms with Crippen molar-refractivity contribution in [3.8, 4) is 11.4 Å². The molecule has 1 amide bonds.